The van der Waals surface area contributed by atoms with Crippen molar-refractivity contribution in [2.45, 2.75) is 19.4 Å². The second-order valence-corrected chi connectivity index (χ2v) is 6.88. The molecular formula is C17H18N2O4S. The van der Waals surface area contributed by atoms with Crippen LogP contribution >= 0.6 is 11.8 Å². The number of hydrogen-bond acceptors (Lipinski definition) is 5. The molecule has 6 nitrogen and oxygen atoms in total. The van der Waals surface area contributed by atoms with E-state index in [2.05, 4.69) is 0 Å². The number of furan rings is 1. The van der Waals surface area contributed by atoms with Gasteiger partial charge in [-0.05, 0) is 24.6 Å². The molecule has 0 spiro atoms. The van der Waals surface area contributed by atoms with Crippen LogP contribution in [0, 0.1) is 17.0 Å². The summed E-state index contributed by atoms with van der Waals surface area (Å²) in [4.78, 5) is 25.0. The topological polar surface area (TPSA) is 76.6 Å². The Labute approximate surface area is 144 Å². The standard InChI is InChI=1S/C17H18N2O4S/c1-12-5-6-16(23-12)15-11-24-8-7-18(15)17(20)10-13-3-2-4-14(9-13)19(21)22/h2-6,9,15H,7-8,10-11H2,1H3/t15-/m0/s1. The van der Waals surface area contributed by atoms with Gasteiger partial charge < -0.3 is 9.32 Å². The number of nitrogens with zero attached hydrogens (tertiary/aromatic N) is 2. The lowest BCUT2D eigenvalue weighted by Crippen LogP contribution is -2.41. The average molecular weight is 346 g/mol. The van der Waals surface area contributed by atoms with E-state index in [-0.39, 0.29) is 24.1 Å². The Balaban J connectivity index is 1.77. The van der Waals surface area contributed by atoms with Crippen LogP contribution in [0.2, 0.25) is 0 Å². The number of nitro benzene ring substituents is 1. The van der Waals surface area contributed by atoms with Crippen molar-refractivity contribution in [2.24, 2.45) is 0 Å². The molecular weight excluding hydrogens is 328 g/mol. The van der Waals surface area contributed by atoms with Crippen LogP contribution in [0.3, 0.4) is 0 Å². The fourth-order valence-corrected chi connectivity index (χ4v) is 3.89. The number of benzene rings is 1. The summed E-state index contributed by atoms with van der Waals surface area (Å²) >= 11 is 1.80. The lowest BCUT2D eigenvalue weighted by molar-refractivity contribution is -0.384. The Morgan fingerprint density at radius 3 is 2.96 bits per heavy atom. The third-order valence-electron chi connectivity index (χ3n) is 4.02. The SMILES string of the molecule is Cc1ccc([C@@H]2CSCCN2C(=O)Cc2cccc([N+](=O)[O-])c2)o1. The maximum Gasteiger partial charge on any atom is 0.269 e. The Morgan fingerprint density at radius 1 is 1.42 bits per heavy atom. The number of aryl methyl sites for hydroxylation is 1. The first-order valence-electron chi connectivity index (χ1n) is 7.71. The molecule has 3 rings (SSSR count). The van der Waals surface area contributed by atoms with Crippen molar-refractivity contribution in [3.63, 3.8) is 0 Å². The highest BCUT2D eigenvalue weighted by atomic mass is 32.2. The molecule has 0 unspecified atom stereocenters. The second kappa shape index (κ2) is 7.09. The van der Waals surface area contributed by atoms with Gasteiger partial charge in [0.15, 0.2) is 0 Å². The van der Waals surface area contributed by atoms with Gasteiger partial charge in [0, 0.05) is 30.2 Å². The minimum absolute atomic E-state index is 0.00714. The lowest BCUT2D eigenvalue weighted by atomic mass is 10.1. The number of carbonyl (C=O) groups is 1. The Kier molecular flexibility index (Phi) is 4.89. The summed E-state index contributed by atoms with van der Waals surface area (Å²) in [6, 6.07) is 9.99. The van der Waals surface area contributed by atoms with Gasteiger partial charge in [0.25, 0.3) is 5.69 Å². The summed E-state index contributed by atoms with van der Waals surface area (Å²) < 4.78 is 5.71. The minimum atomic E-state index is -0.445. The van der Waals surface area contributed by atoms with Gasteiger partial charge in [0.05, 0.1) is 17.4 Å². The minimum Gasteiger partial charge on any atom is -0.464 e. The molecule has 1 atom stereocenters. The smallest absolute Gasteiger partial charge is 0.269 e. The van der Waals surface area contributed by atoms with Crippen molar-refractivity contribution in [1.29, 1.82) is 0 Å². The number of amides is 1. The van der Waals surface area contributed by atoms with E-state index >= 15 is 0 Å². The Morgan fingerprint density at radius 2 is 2.25 bits per heavy atom. The molecule has 1 aromatic heterocycles. The van der Waals surface area contributed by atoms with Crippen LogP contribution in [-0.2, 0) is 11.2 Å². The highest BCUT2D eigenvalue weighted by Gasteiger charge is 2.30. The zero-order valence-corrected chi connectivity index (χ0v) is 14.1. The number of nitro groups is 1. The van der Waals surface area contributed by atoms with Crippen molar-refractivity contribution in [2.75, 3.05) is 18.1 Å². The van der Waals surface area contributed by atoms with E-state index in [0.29, 0.717) is 12.1 Å². The first-order valence-corrected chi connectivity index (χ1v) is 8.87. The van der Waals surface area contributed by atoms with E-state index < -0.39 is 4.92 Å². The zero-order valence-electron chi connectivity index (χ0n) is 13.3. The van der Waals surface area contributed by atoms with E-state index in [1.54, 1.807) is 23.9 Å². The fourth-order valence-electron chi connectivity index (χ4n) is 2.83. The molecule has 1 amide bonds. The maximum absolute atomic E-state index is 12.7. The van der Waals surface area contributed by atoms with Gasteiger partial charge in [-0.2, -0.15) is 11.8 Å². The van der Waals surface area contributed by atoms with Gasteiger partial charge >= 0.3 is 0 Å². The lowest BCUT2D eigenvalue weighted by Gasteiger charge is -2.34. The molecule has 1 aliphatic rings. The Hall–Kier alpha value is -2.28. The Bertz CT molecular complexity index is 759. The number of hydrogen-bond donors (Lipinski definition) is 0. The molecule has 0 N–H and O–H groups in total. The molecule has 1 aliphatic heterocycles. The highest BCUT2D eigenvalue weighted by Crippen LogP contribution is 2.31. The third kappa shape index (κ3) is 3.62. The number of non-ortho nitro benzene ring substituents is 1. The summed E-state index contributed by atoms with van der Waals surface area (Å²) in [7, 11) is 0. The first-order chi connectivity index (χ1) is 11.5. The zero-order chi connectivity index (χ0) is 17.1. The highest BCUT2D eigenvalue weighted by molar-refractivity contribution is 7.99. The largest absolute Gasteiger partial charge is 0.464 e. The van der Waals surface area contributed by atoms with E-state index in [1.807, 2.05) is 24.0 Å². The molecule has 0 bridgehead atoms. The van der Waals surface area contributed by atoms with Crippen LogP contribution in [0.4, 0.5) is 5.69 Å². The predicted molar refractivity (Wildman–Crippen MR) is 92.0 cm³/mol. The normalized spacial score (nSPS) is 17.7. The van der Waals surface area contributed by atoms with Crippen molar-refractivity contribution in [1.82, 2.24) is 4.90 Å². The fraction of sp³-hybridized carbons (Fsp3) is 0.353. The molecule has 0 aliphatic carbocycles. The van der Waals surface area contributed by atoms with E-state index in [9.17, 15) is 14.9 Å². The monoisotopic (exact) mass is 346 g/mol. The summed E-state index contributed by atoms with van der Waals surface area (Å²) in [6.07, 6.45) is 0.155. The predicted octanol–water partition coefficient (Wildman–Crippen LogP) is 3.36. The van der Waals surface area contributed by atoms with E-state index in [1.165, 1.54) is 12.1 Å². The molecule has 1 saturated heterocycles. The van der Waals surface area contributed by atoms with Gasteiger partial charge in [-0.15, -0.1) is 0 Å². The molecule has 2 heterocycles. The van der Waals surface area contributed by atoms with E-state index in [4.69, 9.17) is 4.42 Å². The molecule has 1 aromatic carbocycles. The summed E-state index contributed by atoms with van der Waals surface area (Å²) in [5, 5.41) is 10.9. The average Bonchev–Trinajstić information content (AvgIpc) is 3.01. The molecule has 2 aromatic rings. The molecule has 126 valence electrons. The molecule has 1 fully saturated rings. The van der Waals surface area contributed by atoms with Crippen molar-refractivity contribution < 1.29 is 14.1 Å². The van der Waals surface area contributed by atoms with E-state index in [0.717, 1.165) is 23.0 Å². The molecule has 7 heteroatoms. The first kappa shape index (κ1) is 16.6. The molecule has 0 radical (unpaired) electrons. The second-order valence-electron chi connectivity index (χ2n) is 5.73. The van der Waals surface area contributed by atoms with Crippen molar-refractivity contribution >= 4 is 23.4 Å². The van der Waals surface area contributed by atoms with Gasteiger partial charge in [0.2, 0.25) is 5.91 Å². The van der Waals surface area contributed by atoms with Gasteiger partial charge in [-0.1, -0.05) is 12.1 Å². The van der Waals surface area contributed by atoms with Crippen LogP contribution in [0.1, 0.15) is 23.1 Å². The number of carbonyl (C=O) groups excluding carboxylic acids is 1. The van der Waals surface area contributed by atoms with Gasteiger partial charge in [0.1, 0.15) is 11.5 Å². The summed E-state index contributed by atoms with van der Waals surface area (Å²) in [6.45, 7) is 2.54. The summed E-state index contributed by atoms with van der Waals surface area (Å²) in [5.74, 6) is 3.28. The quantitative estimate of drug-likeness (QED) is 0.627. The van der Waals surface area contributed by atoms with Gasteiger partial charge in [-0.3, -0.25) is 14.9 Å². The van der Waals surface area contributed by atoms with Crippen molar-refractivity contribution in [3.8, 4) is 0 Å². The van der Waals surface area contributed by atoms with Crippen molar-refractivity contribution in [3.05, 3.63) is 63.6 Å². The summed E-state index contributed by atoms with van der Waals surface area (Å²) in [5.41, 5.74) is 0.662. The number of thioether (sulfide) groups is 1. The van der Waals surface area contributed by atoms with Crippen LogP contribution in [0.25, 0.3) is 0 Å². The van der Waals surface area contributed by atoms with Crippen LogP contribution in [0.5, 0.6) is 0 Å². The van der Waals surface area contributed by atoms with Crippen LogP contribution in [0.15, 0.2) is 40.8 Å². The van der Waals surface area contributed by atoms with Gasteiger partial charge in [-0.25, -0.2) is 0 Å². The maximum atomic E-state index is 12.7. The van der Waals surface area contributed by atoms with Crippen LogP contribution < -0.4 is 0 Å². The third-order valence-corrected chi connectivity index (χ3v) is 5.04. The van der Waals surface area contributed by atoms with Crippen LogP contribution in [-0.4, -0.2) is 33.8 Å². The molecule has 24 heavy (non-hydrogen) atoms. The number of rotatable bonds is 4. The molecule has 0 saturated carbocycles.